The molecule has 5 heteroatoms. The number of aliphatic carboxylic acids is 1. The Bertz CT molecular complexity index is 440. The van der Waals surface area contributed by atoms with E-state index in [0.717, 1.165) is 12.2 Å². The molecule has 104 valence electrons. The van der Waals surface area contributed by atoms with Crippen LogP contribution in [0.2, 0.25) is 0 Å². The lowest BCUT2D eigenvalue weighted by molar-refractivity contribution is -0.137. The van der Waals surface area contributed by atoms with E-state index in [1.54, 1.807) is 11.8 Å². The van der Waals surface area contributed by atoms with E-state index in [9.17, 15) is 9.59 Å². The van der Waals surface area contributed by atoms with Crippen LogP contribution in [0.25, 0.3) is 0 Å². The number of hydrogen-bond acceptors (Lipinski definition) is 3. The number of carboxylic acids is 1. The third kappa shape index (κ3) is 6.86. The maximum Gasteiger partial charge on any atom is 0.322 e. The van der Waals surface area contributed by atoms with Crippen molar-refractivity contribution in [1.82, 2.24) is 5.32 Å². The van der Waals surface area contributed by atoms with Crippen molar-refractivity contribution in [2.24, 2.45) is 0 Å². The van der Waals surface area contributed by atoms with Gasteiger partial charge in [-0.25, -0.2) is 0 Å². The number of aryl methyl sites for hydroxylation is 2. The molecule has 1 aromatic rings. The highest BCUT2D eigenvalue weighted by atomic mass is 32.2. The Kier molecular flexibility index (Phi) is 6.42. The number of carbonyl (C=O) groups excluding carboxylic acids is 1. The molecule has 2 N–H and O–H groups in total. The fourth-order valence-electron chi connectivity index (χ4n) is 1.70. The van der Waals surface area contributed by atoms with Crippen LogP contribution < -0.4 is 5.32 Å². The van der Waals surface area contributed by atoms with Gasteiger partial charge < -0.3 is 10.4 Å². The Hall–Kier alpha value is -1.49. The lowest BCUT2D eigenvalue weighted by Gasteiger charge is -2.05. The third-order valence-electron chi connectivity index (χ3n) is 2.45. The number of benzene rings is 1. The summed E-state index contributed by atoms with van der Waals surface area (Å²) < 4.78 is 0. The third-order valence-corrected chi connectivity index (χ3v) is 3.51. The Morgan fingerprint density at radius 1 is 1.21 bits per heavy atom. The van der Waals surface area contributed by atoms with Crippen LogP contribution in [0, 0.1) is 13.8 Å². The second-order valence-electron chi connectivity index (χ2n) is 4.45. The molecule has 0 aliphatic carbocycles. The predicted molar refractivity (Wildman–Crippen MR) is 76.5 cm³/mol. The molecule has 0 aromatic heterocycles. The minimum absolute atomic E-state index is 0.205. The first-order valence-electron chi connectivity index (χ1n) is 6.17. The number of thioether (sulfide) groups is 1. The maximum atomic E-state index is 11.3. The van der Waals surface area contributed by atoms with Crippen LogP contribution in [0.15, 0.2) is 23.1 Å². The van der Waals surface area contributed by atoms with Crippen LogP contribution in [0.1, 0.15) is 24.0 Å². The molecule has 0 saturated carbocycles. The highest BCUT2D eigenvalue weighted by Crippen LogP contribution is 2.22. The topological polar surface area (TPSA) is 66.4 Å². The first kappa shape index (κ1) is 15.6. The molecule has 1 rings (SSSR count). The minimum Gasteiger partial charge on any atom is -0.480 e. The van der Waals surface area contributed by atoms with Crippen LogP contribution in [-0.2, 0) is 9.59 Å². The molecular formula is C14H19NO3S. The fraction of sp³-hybridized carbons (Fsp3) is 0.429. The molecule has 19 heavy (non-hydrogen) atoms. The summed E-state index contributed by atoms with van der Waals surface area (Å²) in [5.74, 6) is -0.370. The number of rotatable bonds is 7. The molecule has 0 fully saturated rings. The van der Waals surface area contributed by atoms with E-state index >= 15 is 0 Å². The Labute approximate surface area is 117 Å². The molecule has 4 nitrogen and oxygen atoms in total. The molecule has 1 aromatic carbocycles. The van der Waals surface area contributed by atoms with E-state index in [1.807, 2.05) is 0 Å². The number of hydrogen-bond donors (Lipinski definition) is 2. The van der Waals surface area contributed by atoms with Gasteiger partial charge in [0.15, 0.2) is 0 Å². The molecule has 0 spiro atoms. The van der Waals surface area contributed by atoms with Gasteiger partial charge in [-0.3, -0.25) is 9.59 Å². The van der Waals surface area contributed by atoms with Crippen molar-refractivity contribution in [3.8, 4) is 0 Å². The van der Waals surface area contributed by atoms with E-state index < -0.39 is 5.97 Å². The van der Waals surface area contributed by atoms with Gasteiger partial charge in [0.2, 0.25) is 5.91 Å². The maximum absolute atomic E-state index is 11.3. The normalized spacial score (nSPS) is 10.2. The van der Waals surface area contributed by atoms with Gasteiger partial charge in [0.1, 0.15) is 6.54 Å². The van der Waals surface area contributed by atoms with E-state index in [1.165, 1.54) is 16.0 Å². The van der Waals surface area contributed by atoms with Crippen LogP contribution in [0.4, 0.5) is 0 Å². The van der Waals surface area contributed by atoms with Crippen molar-refractivity contribution in [3.63, 3.8) is 0 Å². The summed E-state index contributed by atoms with van der Waals surface area (Å²) >= 11 is 1.72. The average Bonchev–Trinajstić information content (AvgIpc) is 2.31. The lowest BCUT2D eigenvalue weighted by atomic mass is 10.2. The zero-order valence-corrected chi connectivity index (χ0v) is 12.0. The summed E-state index contributed by atoms with van der Waals surface area (Å²) in [6, 6.07) is 6.38. The quantitative estimate of drug-likeness (QED) is 0.595. The molecule has 0 atom stereocenters. The van der Waals surface area contributed by atoms with Gasteiger partial charge in [-0.2, -0.15) is 0 Å². The van der Waals surface area contributed by atoms with Crippen molar-refractivity contribution >= 4 is 23.6 Å². The van der Waals surface area contributed by atoms with Gasteiger partial charge in [-0.1, -0.05) is 6.07 Å². The van der Waals surface area contributed by atoms with Crippen LogP contribution >= 0.6 is 11.8 Å². The predicted octanol–water partition coefficient (Wildman–Crippen LogP) is 2.38. The average molecular weight is 281 g/mol. The number of amides is 1. The first-order chi connectivity index (χ1) is 8.97. The van der Waals surface area contributed by atoms with Gasteiger partial charge in [0, 0.05) is 11.3 Å². The van der Waals surface area contributed by atoms with Crippen molar-refractivity contribution in [2.75, 3.05) is 12.3 Å². The highest BCUT2D eigenvalue weighted by molar-refractivity contribution is 7.99. The van der Waals surface area contributed by atoms with E-state index in [2.05, 4.69) is 37.4 Å². The minimum atomic E-state index is -1.02. The number of carbonyl (C=O) groups is 2. The Morgan fingerprint density at radius 3 is 2.42 bits per heavy atom. The van der Waals surface area contributed by atoms with Crippen molar-refractivity contribution in [1.29, 1.82) is 0 Å². The summed E-state index contributed by atoms with van der Waals surface area (Å²) in [5, 5.41) is 10.8. The van der Waals surface area contributed by atoms with Crippen molar-refractivity contribution in [2.45, 2.75) is 31.6 Å². The molecule has 1 amide bonds. The molecule has 0 bridgehead atoms. The molecule has 0 aliphatic rings. The molecule has 0 radical (unpaired) electrons. The van der Waals surface area contributed by atoms with Crippen molar-refractivity contribution in [3.05, 3.63) is 29.3 Å². The summed E-state index contributed by atoms with van der Waals surface area (Å²) in [6.07, 6.45) is 1.11. The zero-order valence-electron chi connectivity index (χ0n) is 11.2. The van der Waals surface area contributed by atoms with Gasteiger partial charge in [-0.15, -0.1) is 11.8 Å². The summed E-state index contributed by atoms with van der Waals surface area (Å²) in [5.41, 5.74) is 2.48. The van der Waals surface area contributed by atoms with E-state index in [4.69, 9.17) is 5.11 Å². The Balaban J connectivity index is 2.23. The summed E-state index contributed by atoms with van der Waals surface area (Å²) in [7, 11) is 0. The van der Waals surface area contributed by atoms with Gasteiger partial charge in [0.05, 0.1) is 0 Å². The van der Waals surface area contributed by atoms with Crippen molar-refractivity contribution < 1.29 is 14.7 Å². The molecule has 0 heterocycles. The summed E-state index contributed by atoms with van der Waals surface area (Å²) in [4.78, 5) is 22.8. The number of nitrogens with one attached hydrogen (secondary N) is 1. The first-order valence-corrected chi connectivity index (χ1v) is 7.15. The second-order valence-corrected chi connectivity index (χ2v) is 5.61. The van der Waals surface area contributed by atoms with Crippen LogP contribution in [0.5, 0.6) is 0 Å². The van der Waals surface area contributed by atoms with Gasteiger partial charge in [-0.05, 0) is 49.3 Å². The van der Waals surface area contributed by atoms with E-state index in [-0.39, 0.29) is 12.5 Å². The molecule has 0 unspecified atom stereocenters. The van der Waals surface area contributed by atoms with Crippen LogP contribution in [0.3, 0.4) is 0 Å². The Morgan fingerprint density at radius 2 is 1.84 bits per heavy atom. The molecule has 0 aliphatic heterocycles. The van der Waals surface area contributed by atoms with Gasteiger partial charge >= 0.3 is 5.97 Å². The molecule has 0 saturated heterocycles. The monoisotopic (exact) mass is 281 g/mol. The standard InChI is InChI=1S/C14H19NO3S/c1-10-6-11(2)8-12(7-10)19-5-3-4-13(16)15-9-14(17)18/h6-8H,3-5,9H2,1-2H3,(H,15,16)(H,17,18). The zero-order chi connectivity index (χ0) is 14.3. The smallest absolute Gasteiger partial charge is 0.322 e. The van der Waals surface area contributed by atoms with Gasteiger partial charge in [0.25, 0.3) is 0 Å². The van der Waals surface area contributed by atoms with Crippen LogP contribution in [-0.4, -0.2) is 29.3 Å². The fourth-order valence-corrected chi connectivity index (χ4v) is 2.76. The number of carboxylic acid groups (broad SMARTS) is 1. The second kappa shape index (κ2) is 7.84. The summed E-state index contributed by atoms with van der Waals surface area (Å²) in [6.45, 7) is 3.83. The lowest BCUT2D eigenvalue weighted by Crippen LogP contribution is -2.28. The molecular weight excluding hydrogens is 262 g/mol. The largest absolute Gasteiger partial charge is 0.480 e. The van der Waals surface area contributed by atoms with E-state index in [0.29, 0.717) is 6.42 Å². The highest BCUT2D eigenvalue weighted by Gasteiger charge is 2.04. The SMILES string of the molecule is Cc1cc(C)cc(SCCCC(=O)NCC(=O)O)c1.